The molecule has 4 aromatic rings. The smallest absolute Gasteiger partial charge is 0.252 e. The zero-order chi connectivity index (χ0) is 19.8. The average molecular weight is 377 g/mol. The van der Waals surface area contributed by atoms with E-state index in [2.05, 4.69) is 59.2 Å². The van der Waals surface area contributed by atoms with Crippen LogP contribution in [-0.2, 0) is 0 Å². The molecule has 144 valence electrons. The molecule has 3 aromatic heterocycles. The normalized spacial score (nSPS) is 12.9. The Hall–Kier alpha value is -3.29. The molecule has 8 nitrogen and oxygen atoms in total. The van der Waals surface area contributed by atoms with Gasteiger partial charge >= 0.3 is 0 Å². The van der Waals surface area contributed by atoms with Crippen LogP contribution in [0.2, 0.25) is 0 Å². The van der Waals surface area contributed by atoms with Crippen LogP contribution in [0.15, 0.2) is 42.6 Å². The number of nitrogens with zero attached hydrogens (tertiary/aromatic N) is 6. The Morgan fingerprint density at radius 3 is 2.64 bits per heavy atom. The number of amides is 1. The van der Waals surface area contributed by atoms with Gasteiger partial charge < -0.3 is 9.88 Å². The van der Waals surface area contributed by atoms with Crippen LogP contribution in [0.3, 0.4) is 0 Å². The lowest BCUT2D eigenvalue weighted by atomic mass is 10.0. The van der Waals surface area contributed by atoms with Gasteiger partial charge in [-0.05, 0) is 54.5 Å². The highest BCUT2D eigenvalue weighted by Crippen LogP contribution is 2.29. The summed E-state index contributed by atoms with van der Waals surface area (Å²) in [4.78, 5) is 17.8. The van der Waals surface area contributed by atoms with Crippen molar-refractivity contribution in [3.63, 3.8) is 0 Å². The van der Waals surface area contributed by atoms with Gasteiger partial charge in [-0.25, -0.2) is 9.50 Å². The van der Waals surface area contributed by atoms with E-state index < -0.39 is 0 Å². The lowest BCUT2D eigenvalue weighted by Crippen LogP contribution is -2.34. The van der Waals surface area contributed by atoms with E-state index >= 15 is 0 Å². The molecule has 0 aliphatic carbocycles. The topological polar surface area (TPSA) is 90.0 Å². The molecule has 1 N–H and O–H groups in total. The number of nitrogens with one attached hydrogen (secondary N) is 1. The van der Waals surface area contributed by atoms with Gasteiger partial charge in [0.1, 0.15) is 5.82 Å². The molecule has 28 heavy (non-hydrogen) atoms. The molecular formula is C20H23N7O. The van der Waals surface area contributed by atoms with E-state index in [1.54, 1.807) is 18.3 Å². The third-order valence-corrected chi connectivity index (χ3v) is 4.83. The number of tetrazole rings is 1. The average Bonchev–Trinajstić information content (AvgIpc) is 3.28. The predicted molar refractivity (Wildman–Crippen MR) is 106 cm³/mol. The minimum atomic E-state index is -0.227. The summed E-state index contributed by atoms with van der Waals surface area (Å²) >= 11 is 0. The summed E-state index contributed by atoms with van der Waals surface area (Å²) < 4.78 is 3.72. The predicted octanol–water partition coefficient (Wildman–Crippen LogP) is 3.18. The second-order valence-electron chi connectivity index (χ2n) is 7.51. The van der Waals surface area contributed by atoms with Gasteiger partial charge in [-0.1, -0.05) is 26.0 Å². The Bertz CT molecular complexity index is 1140. The maximum absolute atomic E-state index is 13.0. The summed E-state index contributed by atoms with van der Waals surface area (Å²) in [5, 5.41) is 14.5. The standard InChI is InChI=1S/C20H23N7O/c1-12(2)18(19-21-15-7-5-6-8-16(15)27(19)13(3)4)22-20(28)14-9-10-26-17(11-14)23-24-25-26/h5-13,18H,1-4H3,(H,22,28)/t18-/m1/s1. The summed E-state index contributed by atoms with van der Waals surface area (Å²) in [6, 6.07) is 11.4. The number of carbonyl (C=O) groups excluding carboxylic acids is 1. The number of imidazole rings is 1. The zero-order valence-corrected chi connectivity index (χ0v) is 16.4. The molecule has 3 heterocycles. The van der Waals surface area contributed by atoms with Crippen molar-refractivity contribution in [3.05, 3.63) is 54.0 Å². The third-order valence-electron chi connectivity index (χ3n) is 4.83. The molecule has 0 aliphatic heterocycles. The molecule has 0 spiro atoms. The van der Waals surface area contributed by atoms with Gasteiger partial charge in [0.25, 0.3) is 5.91 Å². The van der Waals surface area contributed by atoms with Crippen LogP contribution in [0.25, 0.3) is 16.7 Å². The SMILES string of the molecule is CC(C)[C@@H](NC(=O)c1ccn2nnnc2c1)c1nc2ccccc2n1C(C)C. The number of rotatable bonds is 5. The first kappa shape index (κ1) is 18.1. The fourth-order valence-electron chi connectivity index (χ4n) is 3.46. The Morgan fingerprint density at radius 1 is 1.11 bits per heavy atom. The Morgan fingerprint density at radius 2 is 1.89 bits per heavy atom. The lowest BCUT2D eigenvalue weighted by molar-refractivity contribution is 0.0921. The minimum absolute atomic E-state index is 0.164. The monoisotopic (exact) mass is 377 g/mol. The molecule has 4 rings (SSSR count). The maximum atomic E-state index is 13.0. The number of carbonyl (C=O) groups is 1. The molecular weight excluding hydrogens is 354 g/mol. The highest BCUT2D eigenvalue weighted by molar-refractivity contribution is 5.95. The van der Waals surface area contributed by atoms with E-state index in [1.807, 2.05) is 18.2 Å². The lowest BCUT2D eigenvalue weighted by Gasteiger charge is -2.25. The molecule has 0 unspecified atom stereocenters. The van der Waals surface area contributed by atoms with Crippen molar-refractivity contribution in [2.45, 2.75) is 39.8 Å². The molecule has 8 heteroatoms. The van der Waals surface area contributed by atoms with Crippen molar-refractivity contribution in [2.75, 3.05) is 0 Å². The zero-order valence-electron chi connectivity index (χ0n) is 16.4. The first-order chi connectivity index (χ1) is 13.5. The summed E-state index contributed by atoms with van der Waals surface area (Å²) in [7, 11) is 0. The second kappa shape index (κ2) is 7.03. The molecule has 0 bridgehead atoms. The van der Waals surface area contributed by atoms with Crippen LogP contribution in [0.5, 0.6) is 0 Å². The number of pyridine rings is 1. The number of hydrogen-bond donors (Lipinski definition) is 1. The van der Waals surface area contributed by atoms with Crippen molar-refractivity contribution in [3.8, 4) is 0 Å². The Kier molecular flexibility index (Phi) is 4.54. The van der Waals surface area contributed by atoms with Gasteiger partial charge in [-0.15, -0.1) is 5.10 Å². The quantitative estimate of drug-likeness (QED) is 0.577. The second-order valence-corrected chi connectivity index (χ2v) is 7.51. The number of para-hydroxylation sites is 2. The highest BCUT2D eigenvalue weighted by Gasteiger charge is 2.26. The van der Waals surface area contributed by atoms with Gasteiger partial charge in [-0.3, -0.25) is 4.79 Å². The van der Waals surface area contributed by atoms with Crippen molar-refractivity contribution in [2.24, 2.45) is 5.92 Å². The highest BCUT2D eigenvalue weighted by atomic mass is 16.1. The number of fused-ring (bicyclic) bond motifs is 2. The van der Waals surface area contributed by atoms with Crippen LogP contribution in [-0.4, -0.2) is 35.5 Å². The summed E-state index contributed by atoms with van der Waals surface area (Å²) in [6.07, 6.45) is 1.68. The van der Waals surface area contributed by atoms with E-state index in [9.17, 15) is 4.79 Å². The van der Waals surface area contributed by atoms with E-state index in [0.717, 1.165) is 16.9 Å². The molecule has 0 radical (unpaired) electrons. The van der Waals surface area contributed by atoms with Gasteiger partial charge in [0.05, 0.1) is 17.1 Å². The number of aromatic nitrogens is 6. The molecule has 0 fully saturated rings. The van der Waals surface area contributed by atoms with E-state index in [-0.39, 0.29) is 23.9 Å². The van der Waals surface area contributed by atoms with Crippen molar-refractivity contribution in [1.82, 2.24) is 34.9 Å². The molecule has 1 atom stereocenters. The fourth-order valence-corrected chi connectivity index (χ4v) is 3.46. The molecule has 1 aromatic carbocycles. The summed E-state index contributed by atoms with van der Waals surface area (Å²) in [6.45, 7) is 8.42. The van der Waals surface area contributed by atoms with Crippen molar-refractivity contribution in [1.29, 1.82) is 0 Å². The van der Waals surface area contributed by atoms with Gasteiger partial charge in [-0.2, -0.15) is 0 Å². The van der Waals surface area contributed by atoms with E-state index in [4.69, 9.17) is 4.98 Å². The first-order valence-electron chi connectivity index (χ1n) is 9.41. The number of hydrogen-bond acceptors (Lipinski definition) is 5. The minimum Gasteiger partial charge on any atom is -0.342 e. The Labute approximate surface area is 162 Å². The number of benzene rings is 1. The first-order valence-corrected chi connectivity index (χ1v) is 9.41. The van der Waals surface area contributed by atoms with Crippen LogP contribution in [0.1, 0.15) is 56.0 Å². The van der Waals surface area contributed by atoms with Crippen LogP contribution in [0, 0.1) is 5.92 Å². The summed E-state index contributed by atoms with van der Waals surface area (Å²) in [5.74, 6) is 0.855. The van der Waals surface area contributed by atoms with Crippen molar-refractivity contribution >= 4 is 22.6 Å². The molecule has 0 saturated carbocycles. The maximum Gasteiger partial charge on any atom is 0.252 e. The van der Waals surface area contributed by atoms with Gasteiger partial charge in [0.2, 0.25) is 0 Å². The Balaban J connectivity index is 1.72. The van der Waals surface area contributed by atoms with E-state index in [1.165, 1.54) is 4.52 Å². The van der Waals surface area contributed by atoms with E-state index in [0.29, 0.717) is 11.2 Å². The third kappa shape index (κ3) is 3.11. The molecule has 1 amide bonds. The summed E-state index contributed by atoms with van der Waals surface area (Å²) in [5.41, 5.74) is 3.05. The van der Waals surface area contributed by atoms with Crippen LogP contribution in [0.4, 0.5) is 0 Å². The fraction of sp³-hybridized carbons (Fsp3) is 0.350. The van der Waals surface area contributed by atoms with Crippen LogP contribution < -0.4 is 5.32 Å². The largest absolute Gasteiger partial charge is 0.342 e. The molecule has 0 saturated heterocycles. The van der Waals surface area contributed by atoms with Crippen molar-refractivity contribution < 1.29 is 4.79 Å². The van der Waals surface area contributed by atoms with Crippen LogP contribution >= 0.6 is 0 Å². The van der Waals surface area contributed by atoms with Gasteiger partial charge in [0.15, 0.2) is 5.65 Å². The van der Waals surface area contributed by atoms with Gasteiger partial charge in [0, 0.05) is 17.8 Å². The molecule has 0 aliphatic rings.